The summed E-state index contributed by atoms with van der Waals surface area (Å²) in [5.74, 6) is 0. The molecule has 0 N–H and O–H groups in total. The fraction of sp³-hybridized carbons (Fsp3) is 0.0500. The summed E-state index contributed by atoms with van der Waals surface area (Å²) in [6, 6.07) is 24.4. The molecule has 3 rings (SSSR count). The minimum atomic E-state index is -0.260. The van der Waals surface area contributed by atoms with E-state index in [0.717, 1.165) is 11.1 Å². The maximum absolute atomic E-state index is 5.58. The van der Waals surface area contributed by atoms with Crippen molar-refractivity contribution in [3.05, 3.63) is 96.6 Å². The normalized spacial score (nSPS) is 12.4. The number of fused-ring (bicyclic) bond motifs is 1. The number of benzene rings is 3. The monoisotopic (exact) mass is 287 g/mol. The maximum atomic E-state index is 5.58. The first-order valence-corrected chi connectivity index (χ1v) is 7.22. The smallest absolute Gasteiger partial charge is 0.170 e. The van der Waals surface area contributed by atoms with E-state index >= 15 is 0 Å². The van der Waals surface area contributed by atoms with Crippen LogP contribution < -0.4 is 0 Å². The number of oxime groups is 1. The second-order valence-corrected chi connectivity index (χ2v) is 5.01. The fourth-order valence-corrected chi connectivity index (χ4v) is 2.32. The van der Waals surface area contributed by atoms with Gasteiger partial charge in [0.25, 0.3) is 0 Å². The Labute approximate surface area is 130 Å². The van der Waals surface area contributed by atoms with Crippen molar-refractivity contribution in [2.45, 2.75) is 6.10 Å². The van der Waals surface area contributed by atoms with Gasteiger partial charge >= 0.3 is 0 Å². The summed E-state index contributed by atoms with van der Waals surface area (Å²) in [5, 5.41) is 6.47. The third kappa shape index (κ3) is 3.23. The van der Waals surface area contributed by atoms with Crippen LogP contribution in [0.4, 0.5) is 0 Å². The zero-order chi connectivity index (χ0) is 15.2. The van der Waals surface area contributed by atoms with Crippen LogP contribution in [-0.4, -0.2) is 6.21 Å². The van der Waals surface area contributed by atoms with Gasteiger partial charge in [-0.2, -0.15) is 0 Å². The van der Waals surface area contributed by atoms with Crippen molar-refractivity contribution in [3.63, 3.8) is 0 Å². The summed E-state index contributed by atoms with van der Waals surface area (Å²) in [7, 11) is 0. The van der Waals surface area contributed by atoms with Crippen molar-refractivity contribution in [3.8, 4) is 0 Å². The Morgan fingerprint density at radius 3 is 2.36 bits per heavy atom. The average molecular weight is 287 g/mol. The largest absolute Gasteiger partial charge is 0.383 e. The van der Waals surface area contributed by atoms with E-state index in [9.17, 15) is 0 Å². The van der Waals surface area contributed by atoms with Gasteiger partial charge in [-0.1, -0.05) is 78.5 Å². The molecule has 0 saturated heterocycles. The summed E-state index contributed by atoms with van der Waals surface area (Å²) >= 11 is 0. The zero-order valence-electron chi connectivity index (χ0n) is 12.2. The Hall–Kier alpha value is -2.87. The Bertz CT molecular complexity index is 793. The van der Waals surface area contributed by atoms with E-state index in [-0.39, 0.29) is 6.10 Å². The molecule has 0 heterocycles. The van der Waals surface area contributed by atoms with Crippen molar-refractivity contribution >= 4 is 17.0 Å². The lowest BCUT2D eigenvalue weighted by atomic mass is 10.0. The molecule has 0 aliphatic carbocycles. The van der Waals surface area contributed by atoms with Crippen molar-refractivity contribution in [1.82, 2.24) is 0 Å². The van der Waals surface area contributed by atoms with Gasteiger partial charge in [0.2, 0.25) is 0 Å². The molecule has 0 bridgehead atoms. The molecule has 2 nitrogen and oxygen atoms in total. The van der Waals surface area contributed by atoms with Crippen LogP contribution in [0.15, 0.2) is 90.6 Å². The fourth-order valence-electron chi connectivity index (χ4n) is 2.32. The molecule has 3 aromatic rings. The highest BCUT2D eigenvalue weighted by Crippen LogP contribution is 2.23. The number of hydrogen-bond donors (Lipinski definition) is 0. The lowest BCUT2D eigenvalue weighted by molar-refractivity contribution is 0.0946. The van der Waals surface area contributed by atoms with Crippen LogP contribution in [0.3, 0.4) is 0 Å². The minimum absolute atomic E-state index is 0.260. The van der Waals surface area contributed by atoms with E-state index in [4.69, 9.17) is 4.84 Å². The van der Waals surface area contributed by atoms with Crippen LogP contribution in [0.2, 0.25) is 0 Å². The molecule has 0 unspecified atom stereocenters. The highest BCUT2D eigenvalue weighted by molar-refractivity contribution is 5.83. The maximum Gasteiger partial charge on any atom is 0.170 e. The van der Waals surface area contributed by atoms with Gasteiger partial charge in [-0.25, -0.2) is 0 Å². The third-order valence-electron chi connectivity index (χ3n) is 3.49. The molecule has 0 amide bonds. The lowest BCUT2D eigenvalue weighted by Crippen LogP contribution is -1.97. The molecule has 108 valence electrons. The summed E-state index contributed by atoms with van der Waals surface area (Å²) in [5.41, 5.74) is 2.04. The van der Waals surface area contributed by atoms with E-state index in [2.05, 4.69) is 36.0 Å². The Morgan fingerprint density at radius 2 is 1.59 bits per heavy atom. The van der Waals surface area contributed by atoms with Gasteiger partial charge in [0, 0.05) is 0 Å². The van der Waals surface area contributed by atoms with Gasteiger partial charge in [-0.3, -0.25) is 0 Å². The van der Waals surface area contributed by atoms with Gasteiger partial charge < -0.3 is 4.84 Å². The molecule has 0 radical (unpaired) electrons. The molecular weight excluding hydrogens is 270 g/mol. The van der Waals surface area contributed by atoms with E-state index in [1.165, 1.54) is 10.8 Å². The van der Waals surface area contributed by atoms with Gasteiger partial charge in [-0.05, 0) is 34.0 Å². The minimum Gasteiger partial charge on any atom is -0.383 e. The van der Waals surface area contributed by atoms with Crippen LogP contribution in [-0.2, 0) is 4.84 Å². The van der Waals surface area contributed by atoms with E-state index in [1.54, 1.807) is 12.3 Å². The molecule has 0 fully saturated rings. The predicted octanol–water partition coefficient (Wildman–Crippen LogP) is 5.12. The zero-order valence-corrected chi connectivity index (χ0v) is 12.2. The molecular formula is C20H17NO. The lowest BCUT2D eigenvalue weighted by Gasteiger charge is -2.11. The first-order chi connectivity index (χ1) is 10.9. The van der Waals surface area contributed by atoms with Gasteiger partial charge in [0.05, 0.1) is 6.21 Å². The van der Waals surface area contributed by atoms with Crippen molar-refractivity contribution in [1.29, 1.82) is 0 Å². The van der Waals surface area contributed by atoms with Crippen LogP contribution in [0.25, 0.3) is 10.8 Å². The molecule has 0 spiro atoms. The van der Waals surface area contributed by atoms with E-state index in [1.807, 2.05) is 48.5 Å². The second kappa shape index (κ2) is 6.72. The first kappa shape index (κ1) is 14.1. The molecule has 0 saturated carbocycles. The van der Waals surface area contributed by atoms with Crippen molar-refractivity contribution in [2.24, 2.45) is 5.16 Å². The molecule has 3 aromatic carbocycles. The van der Waals surface area contributed by atoms with Crippen LogP contribution in [0.1, 0.15) is 17.2 Å². The molecule has 22 heavy (non-hydrogen) atoms. The summed E-state index contributed by atoms with van der Waals surface area (Å²) < 4.78 is 0. The average Bonchev–Trinajstić information content (AvgIpc) is 2.59. The molecule has 1 atom stereocenters. The highest BCUT2D eigenvalue weighted by Gasteiger charge is 2.08. The standard InChI is InChI=1S/C20H17NO/c1-2-20(22-21-15-16-8-4-3-5-9-16)19-13-12-17-10-6-7-11-18(17)14-19/h2-15,20H,1H2/b21-15+/t20-/m0/s1. The Kier molecular flexibility index (Phi) is 4.30. The molecule has 2 heteroatoms. The van der Waals surface area contributed by atoms with Crippen LogP contribution in [0.5, 0.6) is 0 Å². The topological polar surface area (TPSA) is 21.6 Å². The number of hydrogen-bond acceptors (Lipinski definition) is 2. The predicted molar refractivity (Wildman–Crippen MR) is 92.0 cm³/mol. The Balaban J connectivity index is 1.78. The molecule has 0 aromatic heterocycles. The number of nitrogens with zero attached hydrogens (tertiary/aromatic N) is 1. The molecule has 0 aliphatic heterocycles. The summed E-state index contributed by atoms with van der Waals surface area (Å²) in [6.07, 6.45) is 3.20. The van der Waals surface area contributed by atoms with Crippen LogP contribution >= 0.6 is 0 Å². The SMILES string of the molecule is C=C[C@H](O/N=C/c1ccccc1)c1ccc2ccccc2c1. The van der Waals surface area contributed by atoms with Gasteiger partial charge in [0.15, 0.2) is 6.10 Å². The Morgan fingerprint density at radius 1 is 0.864 bits per heavy atom. The van der Waals surface area contributed by atoms with E-state index in [0.29, 0.717) is 0 Å². The summed E-state index contributed by atoms with van der Waals surface area (Å²) in [6.45, 7) is 3.84. The quantitative estimate of drug-likeness (QED) is 0.362. The molecule has 0 aliphatic rings. The van der Waals surface area contributed by atoms with Crippen molar-refractivity contribution in [2.75, 3.05) is 0 Å². The van der Waals surface area contributed by atoms with Gasteiger partial charge in [0.1, 0.15) is 0 Å². The van der Waals surface area contributed by atoms with Crippen molar-refractivity contribution < 1.29 is 4.84 Å². The van der Waals surface area contributed by atoms with Gasteiger partial charge in [-0.15, -0.1) is 0 Å². The first-order valence-electron chi connectivity index (χ1n) is 7.22. The number of rotatable bonds is 5. The highest BCUT2D eigenvalue weighted by atomic mass is 16.6. The summed E-state index contributed by atoms with van der Waals surface area (Å²) in [4.78, 5) is 5.58. The second-order valence-electron chi connectivity index (χ2n) is 5.01. The third-order valence-corrected chi connectivity index (χ3v) is 3.49. The van der Waals surface area contributed by atoms with E-state index < -0.39 is 0 Å². The van der Waals surface area contributed by atoms with Crippen LogP contribution in [0, 0.1) is 0 Å².